The third-order valence-corrected chi connectivity index (χ3v) is 3.14. The van der Waals surface area contributed by atoms with Crippen molar-refractivity contribution in [3.63, 3.8) is 0 Å². The van der Waals surface area contributed by atoms with Crippen molar-refractivity contribution in [1.29, 1.82) is 0 Å². The summed E-state index contributed by atoms with van der Waals surface area (Å²) < 4.78 is 5.32. The predicted molar refractivity (Wildman–Crippen MR) is 64.1 cm³/mol. The minimum Gasteiger partial charge on any atom is -0.381 e. The largest absolute Gasteiger partial charge is 0.381 e. The average molecular weight is 235 g/mol. The zero-order valence-electron chi connectivity index (χ0n) is 10.3. The molecule has 0 fully saturated rings. The quantitative estimate of drug-likeness (QED) is 0.600. The van der Waals surface area contributed by atoms with Crippen LogP contribution in [-0.4, -0.2) is 18.5 Å². The van der Waals surface area contributed by atoms with E-state index in [0.717, 1.165) is 19.3 Å². The Morgan fingerprint density at radius 2 is 2.00 bits per heavy atom. The van der Waals surface area contributed by atoms with Crippen LogP contribution < -0.4 is 0 Å². The van der Waals surface area contributed by atoms with E-state index in [-0.39, 0.29) is 16.6 Å². The van der Waals surface area contributed by atoms with Gasteiger partial charge in [0.25, 0.3) is 0 Å². The normalized spacial score (nSPS) is 13.9. The van der Waals surface area contributed by atoms with E-state index >= 15 is 0 Å². The maximum Gasteiger partial charge on any atom is 0.227 e. The van der Waals surface area contributed by atoms with Crippen LogP contribution in [0.1, 0.15) is 47.0 Å². The molecule has 0 spiro atoms. The van der Waals surface area contributed by atoms with Crippen LogP contribution in [0.25, 0.3) is 0 Å². The summed E-state index contributed by atoms with van der Waals surface area (Å²) in [5.74, 6) is -0.189. The number of hydrogen-bond acceptors (Lipinski definition) is 2. The van der Waals surface area contributed by atoms with Gasteiger partial charge in [0.05, 0.1) is 12.5 Å². The fourth-order valence-corrected chi connectivity index (χ4v) is 2.00. The van der Waals surface area contributed by atoms with Crippen molar-refractivity contribution in [2.45, 2.75) is 47.0 Å². The number of ether oxygens (including phenoxy) is 1. The third-order valence-electron chi connectivity index (χ3n) is 2.88. The van der Waals surface area contributed by atoms with Crippen molar-refractivity contribution in [2.75, 3.05) is 13.2 Å². The molecule has 90 valence electrons. The monoisotopic (exact) mass is 234 g/mol. The Kier molecular flexibility index (Phi) is 7.20. The van der Waals surface area contributed by atoms with Crippen LogP contribution in [0.2, 0.25) is 0 Å². The third kappa shape index (κ3) is 5.53. The molecule has 0 saturated heterocycles. The van der Waals surface area contributed by atoms with Gasteiger partial charge in [-0.15, -0.1) is 0 Å². The minimum absolute atomic E-state index is 0.0655. The summed E-state index contributed by atoms with van der Waals surface area (Å²) in [4.78, 5) is 11.3. The lowest BCUT2D eigenvalue weighted by molar-refractivity contribution is -0.121. The van der Waals surface area contributed by atoms with E-state index in [1.165, 1.54) is 0 Å². The van der Waals surface area contributed by atoms with Gasteiger partial charge in [0.15, 0.2) is 0 Å². The molecule has 0 radical (unpaired) electrons. The van der Waals surface area contributed by atoms with Crippen molar-refractivity contribution < 1.29 is 9.53 Å². The number of carbonyl (C=O) groups is 1. The molecule has 0 heterocycles. The number of carbonyl (C=O) groups excluding carboxylic acids is 1. The molecule has 0 saturated carbocycles. The van der Waals surface area contributed by atoms with E-state index < -0.39 is 0 Å². The minimum atomic E-state index is -0.274. The van der Waals surface area contributed by atoms with Gasteiger partial charge in [-0.05, 0) is 30.4 Å². The Hall–Kier alpha value is -0.0800. The van der Waals surface area contributed by atoms with Gasteiger partial charge in [-0.2, -0.15) is 0 Å². The highest BCUT2D eigenvalue weighted by molar-refractivity contribution is 6.64. The second-order valence-corrected chi connectivity index (χ2v) is 4.98. The molecule has 0 N–H and O–H groups in total. The van der Waals surface area contributed by atoms with Crippen molar-refractivity contribution in [1.82, 2.24) is 0 Å². The van der Waals surface area contributed by atoms with Gasteiger partial charge >= 0.3 is 0 Å². The fraction of sp³-hybridized carbons (Fsp3) is 0.917. The van der Waals surface area contributed by atoms with Gasteiger partial charge in [-0.1, -0.05) is 33.6 Å². The molecule has 2 nitrogen and oxygen atoms in total. The van der Waals surface area contributed by atoms with Gasteiger partial charge in [-0.25, -0.2) is 0 Å². The van der Waals surface area contributed by atoms with Gasteiger partial charge in [-0.3, -0.25) is 4.79 Å². The molecule has 0 bridgehead atoms. The van der Waals surface area contributed by atoms with E-state index in [4.69, 9.17) is 16.3 Å². The van der Waals surface area contributed by atoms with Crippen molar-refractivity contribution in [3.05, 3.63) is 0 Å². The fourth-order valence-electron chi connectivity index (χ4n) is 1.64. The first kappa shape index (κ1) is 14.9. The van der Waals surface area contributed by atoms with Crippen LogP contribution in [-0.2, 0) is 9.53 Å². The van der Waals surface area contributed by atoms with Crippen LogP contribution in [0.5, 0.6) is 0 Å². The number of halogens is 1. The maximum atomic E-state index is 11.3. The first-order valence-electron chi connectivity index (χ1n) is 5.72. The molecule has 1 atom stereocenters. The van der Waals surface area contributed by atoms with Crippen LogP contribution in [0.3, 0.4) is 0 Å². The summed E-state index contributed by atoms with van der Waals surface area (Å²) >= 11 is 5.62. The van der Waals surface area contributed by atoms with Gasteiger partial charge < -0.3 is 4.74 Å². The number of hydrogen-bond donors (Lipinski definition) is 0. The van der Waals surface area contributed by atoms with Crippen molar-refractivity contribution >= 4 is 16.8 Å². The van der Waals surface area contributed by atoms with E-state index in [1.54, 1.807) is 0 Å². The molecule has 1 unspecified atom stereocenters. The molecule has 0 aromatic heterocycles. The molecule has 0 rings (SSSR count). The topological polar surface area (TPSA) is 26.3 Å². The van der Waals surface area contributed by atoms with Crippen LogP contribution in [0, 0.1) is 11.3 Å². The van der Waals surface area contributed by atoms with Crippen LogP contribution in [0.15, 0.2) is 0 Å². The summed E-state index contributed by atoms with van der Waals surface area (Å²) in [5, 5.41) is -0.274. The highest BCUT2D eigenvalue weighted by atomic mass is 35.5. The highest BCUT2D eigenvalue weighted by Gasteiger charge is 2.33. The first-order chi connectivity index (χ1) is 6.95. The van der Waals surface area contributed by atoms with Crippen LogP contribution in [0.4, 0.5) is 0 Å². The molecular formula is C12H23ClO2. The zero-order valence-corrected chi connectivity index (χ0v) is 11.1. The molecule has 0 amide bonds. The summed E-state index contributed by atoms with van der Waals surface area (Å²) in [7, 11) is 0. The molecule has 15 heavy (non-hydrogen) atoms. The SMILES string of the molecule is CCCCC(C)(C)C(COCC)C(=O)Cl. The lowest BCUT2D eigenvalue weighted by atomic mass is 9.76. The summed E-state index contributed by atoms with van der Waals surface area (Å²) in [6, 6.07) is 0. The second-order valence-electron chi connectivity index (χ2n) is 4.61. The lowest BCUT2D eigenvalue weighted by Crippen LogP contribution is -2.32. The van der Waals surface area contributed by atoms with Crippen molar-refractivity contribution in [2.24, 2.45) is 11.3 Å². The molecule has 0 aliphatic carbocycles. The lowest BCUT2D eigenvalue weighted by Gasteiger charge is -2.31. The summed E-state index contributed by atoms with van der Waals surface area (Å²) in [5.41, 5.74) is -0.0655. The smallest absolute Gasteiger partial charge is 0.227 e. The maximum absolute atomic E-state index is 11.3. The Morgan fingerprint density at radius 3 is 2.40 bits per heavy atom. The van der Waals surface area contributed by atoms with Crippen molar-refractivity contribution in [3.8, 4) is 0 Å². The van der Waals surface area contributed by atoms with Gasteiger partial charge in [0, 0.05) is 6.61 Å². The standard InChI is InChI=1S/C12H23ClO2/c1-5-7-8-12(3,4)10(11(13)14)9-15-6-2/h10H,5-9H2,1-4H3. The molecule has 0 aromatic carbocycles. The first-order valence-corrected chi connectivity index (χ1v) is 6.10. The Balaban J connectivity index is 4.36. The van der Waals surface area contributed by atoms with Gasteiger partial charge in [0.2, 0.25) is 5.24 Å². The molecule has 3 heteroatoms. The average Bonchev–Trinajstić information content (AvgIpc) is 2.14. The molecule has 0 aromatic rings. The molecule has 0 aliphatic heterocycles. The predicted octanol–water partition coefficient (Wildman–Crippen LogP) is 3.62. The second kappa shape index (κ2) is 7.24. The van der Waals surface area contributed by atoms with Crippen LogP contribution >= 0.6 is 11.6 Å². The van der Waals surface area contributed by atoms with E-state index in [0.29, 0.717) is 13.2 Å². The number of rotatable bonds is 8. The summed E-state index contributed by atoms with van der Waals surface area (Å²) in [6.07, 6.45) is 3.28. The van der Waals surface area contributed by atoms with E-state index in [2.05, 4.69) is 20.8 Å². The Morgan fingerprint density at radius 1 is 1.40 bits per heavy atom. The van der Waals surface area contributed by atoms with Gasteiger partial charge in [0.1, 0.15) is 0 Å². The molecular weight excluding hydrogens is 212 g/mol. The summed E-state index contributed by atoms with van der Waals surface area (Å²) in [6.45, 7) is 9.32. The highest BCUT2D eigenvalue weighted by Crippen LogP contribution is 2.34. The Labute approximate surface area is 98.3 Å². The number of unbranched alkanes of at least 4 members (excludes halogenated alkanes) is 1. The Bertz CT molecular complexity index is 190. The van der Waals surface area contributed by atoms with E-state index in [1.807, 2.05) is 6.92 Å². The zero-order chi connectivity index (χ0) is 11.9. The van der Waals surface area contributed by atoms with E-state index in [9.17, 15) is 4.79 Å². The molecule has 0 aliphatic rings.